The summed E-state index contributed by atoms with van der Waals surface area (Å²) >= 11 is 0. The molecule has 0 aliphatic carbocycles. The van der Waals surface area contributed by atoms with Crippen molar-refractivity contribution in [3.63, 3.8) is 0 Å². The van der Waals surface area contributed by atoms with E-state index in [9.17, 15) is 4.79 Å². The van der Waals surface area contributed by atoms with Gasteiger partial charge < -0.3 is 14.5 Å². The number of amides is 1. The van der Waals surface area contributed by atoms with Gasteiger partial charge in [0.2, 0.25) is 11.8 Å². The predicted octanol–water partition coefficient (Wildman–Crippen LogP) is 0.566. The van der Waals surface area contributed by atoms with Crippen molar-refractivity contribution in [1.29, 1.82) is 0 Å². The van der Waals surface area contributed by atoms with Crippen molar-refractivity contribution < 1.29 is 9.53 Å². The average molecular weight is 274 g/mol. The Labute approximate surface area is 118 Å². The summed E-state index contributed by atoms with van der Waals surface area (Å²) in [6, 6.07) is 1.81. The average Bonchev–Trinajstić information content (AvgIpc) is 3.00. The highest BCUT2D eigenvalue weighted by molar-refractivity contribution is 5.83. The van der Waals surface area contributed by atoms with Crippen molar-refractivity contribution >= 4 is 11.7 Å². The molecule has 0 radical (unpaired) electrons. The molecule has 6 heteroatoms. The molecule has 0 unspecified atom stereocenters. The Morgan fingerprint density at radius 3 is 3.00 bits per heavy atom. The molecular weight excluding hydrogens is 256 g/mol. The van der Waals surface area contributed by atoms with E-state index in [1.165, 1.54) is 6.33 Å². The SMILES string of the molecule is C=CCN1C[C@@H]2CN(c3cc(OC)ncn3)C[C@@H]2C1=O. The van der Waals surface area contributed by atoms with Gasteiger partial charge in [-0.3, -0.25) is 4.79 Å². The molecular formula is C14H18N4O2. The maximum absolute atomic E-state index is 12.3. The third-order valence-corrected chi connectivity index (χ3v) is 4.03. The van der Waals surface area contributed by atoms with E-state index in [0.717, 1.165) is 25.5 Å². The zero-order chi connectivity index (χ0) is 14.1. The van der Waals surface area contributed by atoms with Gasteiger partial charge in [0.15, 0.2) is 0 Å². The summed E-state index contributed by atoms with van der Waals surface area (Å²) in [6.45, 7) is 6.73. The van der Waals surface area contributed by atoms with E-state index in [1.54, 1.807) is 13.2 Å². The molecule has 0 aromatic carbocycles. The van der Waals surface area contributed by atoms with Crippen molar-refractivity contribution in [3.8, 4) is 5.88 Å². The van der Waals surface area contributed by atoms with E-state index in [0.29, 0.717) is 18.3 Å². The summed E-state index contributed by atoms with van der Waals surface area (Å²) in [7, 11) is 1.58. The maximum atomic E-state index is 12.3. The standard InChI is InChI=1S/C14H18N4O2/c1-3-4-17-6-10-7-18(8-11(10)14(17)19)12-5-13(20-2)16-9-15-12/h3,5,9-11H,1,4,6-8H2,2H3/t10-,11+/m1/s1. The first kappa shape index (κ1) is 12.9. The Bertz CT molecular complexity index is 534. The van der Waals surface area contributed by atoms with Crippen LogP contribution in [0.5, 0.6) is 5.88 Å². The van der Waals surface area contributed by atoms with Crippen LogP contribution >= 0.6 is 0 Å². The van der Waals surface area contributed by atoms with Crippen LogP contribution in [0.2, 0.25) is 0 Å². The first-order chi connectivity index (χ1) is 9.72. The first-order valence-corrected chi connectivity index (χ1v) is 6.73. The molecule has 6 nitrogen and oxygen atoms in total. The van der Waals surface area contributed by atoms with Gasteiger partial charge in [-0.25, -0.2) is 9.97 Å². The number of hydrogen-bond donors (Lipinski definition) is 0. The van der Waals surface area contributed by atoms with E-state index in [4.69, 9.17) is 4.74 Å². The van der Waals surface area contributed by atoms with Crippen LogP contribution in [0.1, 0.15) is 0 Å². The van der Waals surface area contributed by atoms with Crippen molar-refractivity contribution in [2.45, 2.75) is 0 Å². The molecule has 1 aromatic heterocycles. The summed E-state index contributed by atoms with van der Waals surface area (Å²) in [5.41, 5.74) is 0. The Balaban J connectivity index is 1.72. The second-order valence-corrected chi connectivity index (χ2v) is 5.22. The van der Waals surface area contributed by atoms with E-state index < -0.39 is 0 Å². The lowest BCUT2D eigenvalue weighted by Gasteiger charge is -2.21. The molecule has 106 valence electrons. The van der Waals surface area contributed by atoms with E-state index in [1.807, 2.05) is 11.0 Å². The zero-order valence-electron chi connectivity index (χ0n) is 11.5. The number of fused-ring (bicyclic) bond motifs is 1. The number of aromatic nitrogens is 2. The normalized spacial score (nSPS) is 24.9. The molecule has 1 aromatic rings. The smallest absolute Gasteiger partial charge is 0.228 e. The van der Waals surface area contributed by atoms with Gasteiger partial charge in [-0.15, -0.1) is 6.58 Å². The highest BCUT2D eigenvalue weighted by Gasteiger charge is 2.46. The Morgan fingerprint density at radius 2 is 2.30 bits per heavy atom. The predicted molar refractivity (Wildman–Crippen MR) is 74.6 cm³/mol. The summed E-state index contributed by atoms with van der Waals surface area (Å²) in [6.07, 6.45) is 3.28. The maximum Gasteiger partial charge on any atom is 0.228 e. The highest BCUT2D eigenvalue weighted by Crippen LogP contribution is 2.34. The van der Waals surface area contributed by atoms with E-state index >= 15 is 0 Å². The lowest BCUT2D eigenvalue weighted by Crippen LogP contribution is -2.33. The van der Waals surface area contributed by atoms with Crippen LogP contribution in [0.25, 0.3) is 0 Å². The Kier molecular flexibility index (Phi) is 3.30. The number of likely N-dealkylation sites (tertiary alicyclic amines) is 1. The molecule has 1 amide bonds. The molecule has 0 N–H and O–H groups in total. The number of rotatable bonds is 4. The van der Waals surface area contributed by atoms with Gasteiger partial charge >= 0.3 is 0 Å². The molecule has 2 aliphatic rings. The van der Waals surface area contributed by atoms with Gasteiger partial charge in [-0.2, -0.15) is 0 Å². The second-order valence-electron chi connectivity index (χ2n) is 5.22. The minimum Gasteiger partial charge on any atom is -0.481 e. The summed E-state index contributed by atoms with van der Waals surface area (Å²) in [5.74, 6) is 2.07. The Hall–Kier alpha value is -2.11. The minimum absolute atomic E-state index is 0.0795. The molecule has 2 aliphatic heterocycles. The number of carbonyl (C=O) groups excluding carboxylic acids is 1. The number of ether oxygens (including phenoxy) is 1. The number of nitrogens with zero attached hydrogens (tertiary/aromatic N) is 4. The summed E-state index contributed by atoms with van der Waals surface area (Å²) < 4.78 is 5.11. The topological polar surface area (TPSA) is 58.6 Å². The number of anilines is 1. The quantitative estimate of drug-likeness (QED) is 0.751. The van der Waals surface area contributed by atoms with Crippen LogP contribution in [0, 0.1) is 11.8 Å². The van der Waals surface area contributed by atoms with Crippen LogP contribution in [0.15, 0.2) is 25.0 Å². The Morgan fingerprint density at radius 1 is 1.45 bits per heavy atom. The van der Waals surface area contributed by atoms with E-state index in [2.05, 4.69) is 21.4 Å². The molecule has 2 fully saturated rings. The molecule has 2 saturated heterocycles. The van der Waals surface area contributed by atoms with Crippen LogP contribution in [-0.4, -0.2) is 54.1 Å². The number of hydrogen-bond acceptors (Lipinski definition) is 5. The zero-order valence-corrected chi connectivity index (χ0v) is 11.5. The lowest BCUT2D eigenvalue weighted by atomic mass is 10.0. The third kappa shape index (κ3) is 2.11. The van der Waals surface area contributed by atoms with Gasteiger partial charge in [-0.1, -0.05) is 6.08 Å². The van der Waals surface area contributed by atoms with Crippen molar-refractivity contribution in [2.24, 2.45) is 11.8 Å². The van der Waals surface area contributed by atoms with Crippen LogP contribution in [-0.2, 0) is 4.79 Å². The van der Waals surface area contributed by atoms with Gasteiger partial charge in [0.1, 0.15) is 12.1 Å². The molecule has 0 saturated carbocycles. The molecule has 3 heterocycles. The molecule has 20 heavy (non-hydrogen) atoms. The fraction of sp³-hybridized carbons (Fsp3) is 0.500. The number of carbonyl (C=O) groups is 1. The minimum atomic E-state index is 0.0795. The van der Waals surface area contributed by atoms with Crippen LogP contribution in [0.3, 0.4) is 0 Å². The molecule has 3 rings (SSSR count). The highest BCUT2D eigenvalue weighted by atomic mass is 16.5. The van der Waals surface area contributed by atoms with Gasteiger partial charge in [0, 0.05) is 38.2 Å². The summed E-state index contributed by atoms with van der Waals surface area (Å²) in [5, 5.41) is 0. The second kappa shape index (κ2) is 5.11. The third-order valence-electron chi connectivity index (χ3n) is 4.03. The van der Waals surface area contributed by atoms with Gasteiger partial charge in [-0.05, 0) is 0 Å². The van der Waals surface area contributed by atoms with Crippen LogP contribution in [0.4, 0.5) is 5.82 Å². The van der Waals surface area contributed by atoms with Gasteiger partial charge in [0.05, 0.1) is 13.0 Å². The van der Waals surface area contributed by atoms with Crippen LogP contribution < -0.4 is 9.64 Å². The molecule has 0 spiro atoms. The van der Waals surface area contributed by atoms with Crippen molar-refractivity contribution in [1.82, 2.24) is 14.9 Å². The van der Waals surface area contributed by atoms with Crippen molar-refractivity contribution in [3.05, 3.63) is 25.0 Å². The van der Waals surface area contributed by atoms with Crippen molar-refractivity contribution in [2.75, 3.05) is 38.2 Å². The molecule has 2 atom stereocenters. The van der Waals surface area contributed by atoms with E-state index in [-0.39, 0.29) is 11.8 Å². The lowest BCUT2D eigenvalue weighted by molar-refractivity contribution is -0.130. The largest absolute Gasteiger partial charge is 0.481 e. The van der Waals surface area contributed by atoms with Gasteiger partial charge in [0.25, 0.3) is 0 Å². The fourth-order valence-electron chi connectivity index (χ4n) is 3.07. The first-order valence-electron chi connectivity index (χ1n) is 6.73. The molecule has 0 bridgehead atoms. The summed E-state index contributed by atoms with van der Waals surface area (Å²) in [4.78, 5) is 24.6. The number of methoxy groups -OCH3 is 1. The monoisotopic (exact) mass is 274 g/mol. The fourth-order valence-corrected chi connectivity index (χ4v) is 3.07.